The van der Waals surface area contributed by atoms with Crippen LogP contribution in [0.2, 0.25) is 0 Å². The number of rotatable bonds is 40. The smallest absolute Gasteiger partial charge is 0.306 e. The number of nitrogens with zero attached hydrogens (tertiary/aromatic N) is 1. The highest BCUT2D eigenvalue weighted by Gasteiger charge is 2.25. The molecule has 0 amide bonds. The van der Waals surface area contributed by atoms with Crippen molar-refractivity contribution in [2.75, 3.05) is 41.0 Å². The van der Waals surface area contributed by atoms with Crippen LogP contribution in [0.3, 0.4) is 0 Å². The molecule has 0 aromatic carbocycles. The van der Waals surface area contributed by atoms with Crippen LogP contribution >= 0.6 is 0 Å². The highest BCUT2D eigenvalue weighted by molar-refractivity contribution is 5.70. The summed E-state index contributed by atoms with van der Waals surface area (Å²) < 4.78 is 17.1. The Morgan fingerprint density at radius 3 is 1.36 bits per heavy atom. The lowest BCUT2D eigenvalue weighted by Gasteiger charge is -2.34. The second kappa shape index (κ2) is 37.0. The molecule has 53 heavy (non-hydrogen) atoms. The molecule has 0 fully saturated rings. The van der Waals surface area contributed by atoms with E-state index in [0.717, 1.165) is 38.5 Å². The Morgan fingerprint density at radius 1 is 0.547 bits per heavy atom. The Kier molecular flexibility index (Phi) is 35.7. The molecule has 0 saturated carbocycles. The minimum absolute atomic E-state index is 0.0442. The topological polar surface area (TPSA) is 102 Å². The van der Waals surface area contributed by atoms with Crippen LogP contribution in [0.15, 0.2) is 12.2 Å². The fraction of sp³-hybridized carbons (Fsp3) is 0.889. The van der Waals surface area contributed by atoms with Crippen molar-refractivity contribution >= 4 is 17.9 Å². The predicted octanol–water partition coefficient (Wildman–Crippen LogP) is 10.6. The van der Waals surface area contributed by atoms with Crippen LogP contribution in [0, 0.1) is 0 Å². The Morgan fingerprint density at radius 2 is 0.943 bits per heavy atom. The molecular formula is C45H85NO7. The average molecular weight is 752 g/mol. The minimum atomic E-state index is -1.12. The number of carbonyl (C=O) groups excluding carboxylic acids is 3. The lowest BCUT2D eigenvalue weighted by molar-refractivity contribution is -0.889. The molecule has 2 atom stereocenters. The Bertz CT molecular complexity index is 885. The molecule has 0 bridgehead atoms. The van der Waals surface area contributed by atoms with Crippen LogP contribution in [-0.4, -0.2) is 75.5 Å². The van der Waals surface area contributed by atoms with Gasteiger partial charge in [-0.25, -0.2) is 0 Å². The normalized spacial score (nSPS) is 13.0. The van der Waals surface area contributed by atoms with E-state index < -0.39 is 18.1 Å². The molecule has 0 heterocycles. The zero-order valence-electron chi connectivity index (χ0n) is 35.4. The molecule has 0 aliphatic carbocycles. The van der Waals surface area contributed by atoms with Gasteiger partial charge in [0.15, 0.2) is 6.10 Å². The molecule has 312 valence electrons. The molecule has 8 heteroatoms. The summed E-state index contributed by atoms with van der Waals surface area (Å²) in [5.74, 6) is -1.73. The SMILES string of the molecule is CCCCCCCCCC/C=C/CCCCCCCCCC(=O)OC(COCCC(C(=O)[O-])[N+](C)(C)C)COC(=O)CCCCCCCCCCCC. The van der Waals surface area contributed by atoms with E-state index in [1.165, 1.54) is 135 Å². The molecule has 0 rings (SSSR count). The highest BCUT2D eigenvalue weighted by atomic mass is 16.6. The summed E-state index contributed by atoms with van der Waals surface area (Å²) >= 11 is 0. The van der Waals surface area contributed by atoms with Crippen LogP contribution in [0.25, 0.3) is 0 Å². The first kappa shape index (κ1) is 51.1. The summed E-state index contributed by atoms with van der Waals surface area (Å²) in [7, 11) is 5.41. The van der Waals surface area contributed by atoms with Crippen molar-refractivity contribution in [1.29, 1.82) is 0 Å². The summed E-state index contributed by atoms with van der Waals surface area (Å²) in [6.45, 7) is 4.66. The number of hydrogen-bond donors (Lipinski definition) is 0. The van der Waals surface area contributed by atoms with Crippen molar-refractivity contribution < 1.29 is 38.2 Å². The fourth-order valence-corrected chi connectivity index (χ4v) is 6.65. The van der Waals surface area contributed by atoms with E-state index in [1.807, 2.05) is 0 Å². The van der Waals surface area contributed by atoms with Crippen molar-refractivity contribution in [3.63, 3.8) is 0 Å². The lowest BCUT2D eigenvalue weighted by Crippen LogP contribution is -2.55. The second-order valence-corrected chi connectivity index (χ2v) is 16.3. The molecular weight excluding hydrogens is 666 g/mol. The van der Waals surface area contributed by atoms with Gasteiger partial charge in [0.05, 0.1) is 40.3 Å². The average Bonchev–Trinajstić information content (AvgIpc) is 3.11. The highest BCUT2D eigenvalue weighted by Crippen LogP contribution is 2.15. The van der Waals surface area contributed by atoms with Gasteiger partial charge in [-0.15, -0.1) is 0 Å². The third kappa shape index (κ3) is 35.5. The molecule has 0 radical (unpaired) electrons. The van der Waals surface area contributed by atoms with Gasteiger partial charge in [-0.1, -0.05) is 161 Å². The number of hydrogen-bond acceptors (Lipinski definition) is 7. The maximum absolute atomic E-state index is 12.7. The van der Waals surface area contributed by atoms with Gasteiger partial charge in [-0.2, -0.15) is 0 Å². The van der Waals surface area contributed by atoms with Crippen LogP contribution in [0.5, 0.6) is 0 Å². The summed E-state index contributed by atoms with van der Waals surface area (Å²) in [6, 6.07) is -0.721. The molecule has 0 aliphatic rings. The van der Waals surface area contributed by atoms with E-state index >= 15 is 0 Å². The summed E-state index contributed by atoms with van der Waals surface area (Å²) in [5.41, 5.74) is 0. The van der Waals surface area contributed by atoms with E-state index in [2.05, 4.69) is 26.0 Å². The van der Waals surface area contributed by atoms with Gasteiger partial charge in [0.1, 0.15) is 12.6 Å². The van der Waals surface area contributed by atoms with E-state index in [4.69, 9.17) is 14.2 Å². The predicted molar refractivity (Wildman–Crippen MR) is 217 cm³/mol. The summed E-state index contributed by atoms with van der Waals surface area (Å²) in [6.07, 6.45) is 38.1. The van der Waals surface area contributed by atoms with Gasteiger partial charge in [0.25, 0.3) is 0 Å². The Balaban J connectivity index is 4.27. The molecule has 0 spiro atoms. The number of likely N-dealkylation sites (N-methyl/N-ethyl adjacent to an activating group) is 1. The molecule has 0 aromatic heterocycles. The van der Waals surface area contributed by atoms with Gasteiger partial charge < -0.3 is 28.6 Å². The number of unbranched alkanes of at least 4 members (excludes halogenated alkanes) is 24. The molecule has 0 N–H and O–H groups in total. The number of carbonyl (C=O) groups is 3. The number of carboxylic acids is 1. The second-order valence-electron chi connectivity index (χ2n) is 16.3. The first-order chi connectivity index (χ1) is 25.6. The third-order valence-electron chi connectivity index (χ3n) is 10.2. The maximum atomic E-state index is 12.7. The van der Waals surface area contributed by atoms with Crippen molar-refractivity contribution in [1.82, 2.24) is 0 Å². The quantitative estimate of drug-likeness (QED) is 0.0266. The van der Waals surface area contributed by atoms with Crippen LogP contribution < -0.4 is 5.11 Å². The number of carboxylic acid groups (broad SMARTS) is 1. The number of allylic oxidation sites excluding steroid dienone is 2. The Hall–Kier alpha value is -1.93. The van der Waals surface area contributed by atoms with Gasteiger partial charge in [-0.05, 0) is 38.5 Å². The number of ether oxygens (including phenoxy) is 3. The first-order valence-electron chi connectivity index (χ1n) is 22.2. The first-order valence-corrected chi connectivity index (χ1v) is 22.2. The maximum Gasteiger partial charge on any atom is 0.306 e. The van der Waals surface area contributed by atoms with Crippen molar-refractivity contribution in [2.24, 2.45) is 0 Å². The molecule has 8 nitrogen and oxygen atoms in total. The van der Waals surface area contributed by atoms with Crippen LogP contribution in [-0.2, 0) is 28.6 Å². The van der Waals surface area contributed by atoms with Crippen molar-refractivity contribution in [3.8, 4) is 0 Å². The number of esters is 2. The van der Waals surface area contributed by atoms with Crippen LogP contribution in [0.4, 0.5) is 0 Å². The Labute approximate surface area is 327 Å². The largest absolute Gasteiger partial charge is 0.544 e. The van der Waals surface area contributed by atoms with Gasteiger partial charge in [-0.3, -0.25) is 9.59 Å². The lowest BCUT2D eigenvalue weighted by atomic mass is 10.1. The fourth-order valence-electron chi connectivity index (χ4n) is 6.65. The van der Waals surface area contributed by atoms with Crippen LogP contribution in [0.1, 0.15) is 206 Å². The number of aliphatic carboxylic acids is 1. The summed E-state index contributed by atoms with van der Waals surface area (Å²) in [5, 5.41) is 11.6. The third-order valence-corrected chi connectivity index (χ3v) is 10.2. The van der Waals surface area contributed by atoms with E-state index in [1.54, 1.807) is 21.1 Å². The molecule has 0 saturated heterocycles. The molecule has 0 aromatic rings. The standard InChI is InChI=1S/C45H85NO7/c1-6-8-10-12-14-16-18-19-20-21-22-23-24-25-26-28-30-32-34-36-44(48)53-41(39-51-38-37-42(45(49)50)46(3,4)5)40-52-43(47)35-33-31-29-27-17-15-13-11-9-7-2/h21-22,41-42H,6-20,23-40H2,1-5H3/b22-21+. The molecule has 0 aliphatic heterocycles. The van der Waals surface area contributed by atoms with Gasteiger partial charge in [0, 0.05) is 19.3 Å². The minimum Gasteiger partial charge on any atom is -0.544 e. The van der Waals surface area contributed by atoms with Gasteiger partial charge >= 0.3 is 11.9 Å². The zero-order valence-corrected chi connectivity index (χ0v) is 35.4. The van der Waals surface area contributed by atoms with E-state index in [9.17, 15) is 19.5 Å². The van der Waals surface area contributed by atoms with E-state index in [0.29, 0.717) is 12.8 Å². The van der Waals surface area contributed by atoms with Gasteiger partial charge in [0.2, 0.25) is 0 Å². The van der Waals surface area contributed by atoms with E-state index in [-0.39, 0.29) is 42.7 Å². The van der Waals surface area contributed by atoms with Crippen molar-refractivity contribution in [2.45, 2.75) is 219 Å². The summed E-state index contributed by atoms with van der Waals surface area (Å²) in [4.78, 5) is 36.8. The monoisotopic (exact) mass is 752 g/mol. The zero-order chi connectivity index (χ0) is 39.3. The number of quaternary nitrogens is 1. The molecule has 2 unspecified atom stereocenters. The van der Waals surface area contributed by atoms with Crippen molar-refractivity contribution in [3.05, 3.63) is 12.2 Å².